The lowest BCUT2D eigenvalue weighted by Gasteiger charge is -2.06. The van der Waals surface area contributed by atoms with Gasteiger partial charge in [0.25, 0.3) is 0 Å². The molecule has 1 aromatic rings. The SMILES string of the molecule is N#Cc1ccc(S(=O)(=O)NCC(=O)[O-])cc1. The fourth-order valence-corrected chi connectivity index (χ4v) is 1.91. The van der Waals surface area contributed by atoms with Gasteiger partial charge in [-0.3, -0.25) is 0 Å². The predicted molar refractivity (Wildman–Crippen MR) is 51.4 cm³/mol. The molecule has 0 aliphatic heterocycles. The molecule has 0 aliphatic carbocycles. The lowest BCUT2D eigenvalue weighted by atomic mass is 10.2. The molecule has 0 radical (unpaired) electrons. The van der Waals surface area contributed by atoms with E-state index in [4.69, 9.17) is 5.26 Å². The molecule has 1 N–H and O–H groups in total. The normalized spacial score (nSPS) is 10.7. The molecule has 0 heterocycles. The minimum Gasteiger partial charge on any atom is -0.549 e. The van der Waals surface area contributed by atoms with E-state index in [-0.39, 0.29) is 4.90 Å². The van der Waals surface area contributed by atoms with Gasteiger partial charge in [0.2, 0.25) is 10.0 Å². The number of nitrogens with zero attached hydrogens (tertiary/aromatic N) is 1. The summed E-state index contributed by atoms with van der Waals surface area (Å²) in [6.07, 6.45) is 0. The van der Waals surface area contributed by atoms with Gasteiger partial charge in [0.15, 0.2) is 0 Å². The van der Waals surface area contributed by atoms with Crippen molar-refractivity contribution in [3.63, 3.8) is 0 Å². The monoisotopic (exact) mass is 239 g/mol. The van der Waals surface area contributed by atoms with E-state index >= 15 is 0 Å². The maximum atomic E-state index is 11.5. The number of carbonyl (C=O) groups is 1. The number of nitrogens with one attached hydrogen (secondary N) is 1. The Morgan fingerprint density at radius 2 is 1.94 bits per heavy atom. The minimum absolute atomic E-state index is 0.104. The number of rotatable bonds is 4. The number of hydrogen-bond donors (Lipinski definition) is 1. The third-order valence-corrected chi connectivity index (χ3v) is 3.12. The van der Waals surface area contributed by atoms with Crippen LogP contribution in [-0.2, 0) is 14.8 Å². The standard InChI is InChI=1S/C9H8N2O4S/c10-5-7-1-3-8(4-2-7)16(14,15)11-6-9(12)13/h1-4,11H,6H2,(H,12,13)/p-1. The summed E-state index contributed by atoms with van der Waals surface area (Å²) in [6.45, 7) is -0.789. The highest BCUT2D eigenvalue weighted by atomic mass is 32.2. The predicted octanol–water partition coefficient (Wildman–Crippen LogP) is -1.41. The Kier molecular flexibility index (Phi) is 3.60. The summed E-state index contributed by atoms with van der Waals surface area (Å²) in [7, 11) is -3.86. The van der Waals surface area contributed by atoms with Gasteiger partial charge >= 0.3 is 0 Å². The first-order valence-corrected chi connectivity index (χ1v) is 5.64. The lowest BCUT2D eigenvalue weighted by Crippen LogP contribution is -2.37. The minimum atomic E-state index is -3.86. The summed E-state index contributed by atoms with van der Waals surface area (Å²) < 4.78 is 24.7. The van der Waals surface area contributed by atoms with Crippen LogP contribution in [0.2, 0.25) is 0 Å². The number of sulfonamides is 1. The second-order valence-electron chi connectivity index (χ2n) is 2.83. The summed E-state index contributed by atoms with van der Waals surface area (Å²) in [4.78, 5) is 9.99. The molecule has 0 saturated carbocycles. The van der Waals surface area contributed by atoms with Crippen molar-refractivity contribution < 1.29 is 18.3 Å². The van der Waals surface area contributed by atoms with Crippen LogP contribution in [0.5, 0.6) is 0 Å². The molecule has 6 nitrogen and oxygen atoms in total. The topological polar surface area (TPSA) is 110 Å². The second kappa shape index (κ2) is 4.74. The van der Waals surface area contributed by atoms with Gasteiger partial charge in [0.1, 0.15) is 0 Å². The molecule has 0 spiro atoms. The Morgan fingerprint density at radius 1 is 1.38 bits per heavy atom. The van der Waals surface area contributed by atoms with Crippen molar-refractivity contribution >= 4 is 16.0 Å². The molecule has 0 aromatic heterocycles. The van der Waals surface area contributed by atoms with Crippen molar-refractivity contribution in [3.8, 4) is 6.07 Å². The summed E-state index contributed by atoms with van der Waals surface area (Å²) in [5, 5.41) is 18.6. The van der Waals surface area contributed by atoms with E-state index in [0.717, 1.165) is 0 Å². The molecule has 0 atom stereocenters. The van der Waals surface area contributed by atoms with Crippen LogP contribution in [-0.4, -0.2) is 20.9 Å². The summed E-state index contributed by atoms with van der Waals surface area (Å²) in [5.74, 6) is -1.52. The lowest BCUT2D eigenvalue weighted by molar-refractivity contribution is -0.303. The second-order valence-corrected chi connectivity index (χ2v) is 4.60. The third-order valence-electron chi connectivity index (χ3n) is 1.70. The van der Waals surface area contributed by atoms with E-state index in [1.165, 1.54) is 24.3 Å². The fourth-order valence-electron chi connectivity index (χ4n) is 0.946. The molecule has 16 heavy (non-hydrogen) atoms. The molecule has 0 aliphatic rings. The van der Waals surface area contributed by atoms with E-state index < -0.39 is 22.5 Å². The zero-order valence-corrected chi connectivity index (χ0v) is 8.82. The first kappa shape index (κ1) is 12.2. The Balaban J connectivity index is 2.91. The highest BCUT2D eigenvalue weighted by Crippen LogP contribution is 2.09. The van der Waals surface area contributed by atoms with Crippen molar-refractivity contribution in [1.82, 2.24) is 4.72 Å². The van der Waals surface area contributed by atoms with Gasteiger partial charge in [0.05, 0.1) is 29.0 Å². The number of benzene rings is 1. The number of hydrogen-bond acceptors (Lipinski definition) is 5. The Bertz CT molecular complexity index is 528. The average Bonchev–Trinajstić information content (AvgIpc) is 2.27. The van der Waals surface area contributed by atoms with Gasteiger partial charge in [-0.1, -0.05) is 0 Å². The quantitative estimate of drug-likeness (QED) is 0.693. The van der Waals surface area contributed by atoms with Gasteiger partial charge in [-0.05, 0) is 24.3 Å². The smallest absolute Gasteiger partial charge is 0.240 e. The molecule has 0 amide bonds. The number of carbonyl (C=O) groups excluding carboxylic acids is 1. The zero-order chi connectivity index (χ0) is 12.2. The maximum Gasteiger partial charge on any atom is 0.240 e. The van der Waals surface area contributed by atoms with Crippen molar-refractivity contribution in [1.29, 1.82) is 5.26 Å². The first-order valence-electron chi connectivity index (χ1n) is 4.15. The van der Waals surface area contributed by atoms with E-state index in [1.807, 2.05) is 10.8 Å². The molecule has 7 heteroatoms. The molecule has 0 fully saturated rings. The number of nitriles is 1. The Labute approximate surface area is 92.2 Å². The van der Waals surface area contributed by atoms with Crippen molar-refractivity contribution in [2.24, 2.45) is 0 Å². The molecule has 0 unspecified atom stereocenters. The number of carboxylic acid groups (broad SMARTS) is 1. The maximum absolute atomic E-state index is 11.5. The van der Waals surface area contributed by atoms with Crippen LogP contribution in [0.15, 0.2) is 29.2 Å². The third kappa shape index (κ3) is 3.05. The molecule has 84 valence electrons. The molecule has 0 saturated heterocycles. The van der Waals surface area contributed by atoms with Crippen LogP contribution < -0.4 is 9.83 Å². The van der Waals surface area contributed by atoms with Crippen LogP contribution in [0.25, 0.3) is 0 Å². The average molecular weight is 239 g/mol. The first-order chi connectivity index (χ1) is 7.45. The van der Waals surface area contributed by atoms with Gasteiger partial charge in [-0.25, -0.2) is 13.1 Å². The van der Waals surface area contributed by atoms with Crippen LogP contribution in [0.1, 0.15) is 5.56 Å². The van der Waals surface area contributed by atoms with Crippen LogP contribution in [0.3, 0.4) is 0 Å². The van der Waals surface area contributed by atoms with Crippen LogP contribution in [0.4, 0.5) is 0 Å². The van der Waals surface area contributed by atoms with Crippen molar-refractivity contribution in [3.05, 3.63) is 29.8 Å². The summed E-state index contributed by atoms with van der Waals surface area (Å²) in [5.41, 5.74) is 0.318. The Hall–Kier alpha value is -1.91. The van der Waals surface area contributed by atoms with Gasteiger partial charge < -0.3 is 9.90 Å². The highest BCUT2D eigenvalue weighted by molar-refractivity contribution is 7.89. The van der Waals surface area contributed by atoms with E-state index in [0.29, 0.717) is 5.56 Å². The zero-order valence-electron chi connectivity index (χ0n) is 8.00. The molecule has 1 aromatic carbocycles. The highest BCUT2D eigenvalue weighted by Gasteiger charge is 2.12. The Morgan fingerprint density at radius 3 is 2.38 bits per heavy atom. The van der Waals surface area contributed by atoms with Gasteiger partial charge in [0, 0.05) is 0 Å². The van der Waals surface area contributed by atoms with Crippen LogP contribution in [0, 0.1) is 11.3 Å². The van der Waals surface area contributed by atoms with Crippen LogP contribution >= 0.6 is 0 Å². The number of carboxylic acids is 1. The van der Waals surface area contributed by atoms with E-state index in [1.54, 1.807) is 0 Å². The van der Waals surface area contributed by atoms with Crippen molar-refractivity contribution in [2.45, 2.75) is 4.90 Å². The van der Waals surface area contributed by atoms with Gasteiger partial charge in [-0.2, -0.15) is 5.26 Å². The fraction of sp³-hybridized carbons (Fsp3) is 0.111. The summed E-state index contributed by atoms with van der Waals surface area (Å²) >= 11 is 0. The number of aliphatic carboxylic acids is 1. The molecule has 0 bridgehead atoms. The molecular formula is C9H7N2O4S-. The largest absolute Gasteiger partial charge is 0.549 e. The molecular weight excluding hydrogens is 232 g/mol. The summed E-state index contributed by atoms with van der Waals surface area (Å²) in [6, 6.07) is 6.93. The van der Waals surface area contributed by atoms with E-state index in [2.05, 4.69) is 0 Å². The molecule has 1 rings (SSSR count). The van der Waals surface area contributed by atoms with E-state index in [9.17, 15) is 18.3 Å². The van der Waals surface area contributed by atoms with Crippen molar-refractivity contribution in [2.75, 3.05) is 6.54 Å². The van der Waals surface area contributed by atoms with Gasteiger partial charge in [-0.15, -0.1) is 0 Å².